The van der Waals surface area contributed by atoms with Crippen molar-refractivity contribution < 1.29 is 0 Å². The Kier molecular flexibility index (Phi) is 3.86. The maximum atomic E-state index is 5.55. The highest BCUT2D eigenvalue weighted by Gasteiger charge is 2.09. The van der Waals surface area contributed by atoms with E-state index in [1.165, 1.54) is 0 Å². The fourth-order valence-corrected chi connectivity index (χ4v) is 2.30. The average molecular weight is 251 g/mol. The molecule has 0 aliphatic heterocycles. The molecule has 2 rings (SSSR count). The predicted molar refractivity (Wildman–Crippen MR) is 67.9 cm³/mol. The summed E-state index contributed by atoms with van der Waals surface area (Å²) >= 11 is 1.60. The largest absolute Gasteiger partial charge is 0.325 e. The molecule has 0 spiro atoms. The third-order valence-electron chi connectivity index (χ3n) is 2.51. The van der Waals surface area contributed by atoms with Gasteiger partial charge in [0.25, 0.3) is 0 Å². The van der Waals surface area contributed by atoms with E-state index in [0.717, 1.165) is 35.2 Å². The lowest BCUT2D eigenvalue weighted by Crippen LogP contribution is -2.07. The molecule has 0 aliphatic rings. The molecule has 2 heterocycles. The Hall–Kier alpha value is -1.27. The summed E-state index contributed by atoms with van der Waals surface area (Å²) in [5.74, 6) is 1.92. The summed E-state index contributed by atoms with van der Waals surface area (Å²) in [6.07, 6.45) is 1.76. The first-order chi connectivity index (χ1) is 8.26. The Labute approximate surface area is 105 Å². The summed E-state index contributed by atoms with van der Waals surface area (Å²) < 4.78 is 1.94. The third-order valence-corrected chi connectivity index (χ3v) is 3.43. The number of rotatable bonds is 5. The van der Waals surface area contributed by atoms with E-state index in [0.29, 0.717) is 13.1 Å². The minimum Gasteiger partial charge on any atom is -0.325 e. The molecular formula is C11H17N5S. The number of thiazole rings is 1. The molecule has 0 aromatic carbocycles. The van der Waals surface area contributed by atoms with E-state index < -0.39 is 0 Å². The predicted octanol–water partition coefficient (Wildman–Crippen LogP) is 1.37. The van der Waals surface area contributed by atoms with Crippen molar-refractivity contribution in [1.29, 1.82) is 0 Å². The van der Waals surface area contributed by atoms with Gasteiger partial charge in [0.2, 0.25) is 0 Å². The number of nitrogens with two attached hydrogens (primary N) is 1. The zero-order valence-corrected chi connectivity index (χ0v) is 11.0. The van der Waals surface area contributed by atoms with Crippen molar-refractivity contribution in [2.24, 2.45) is 5.73 Å². The molecule has 0 saturated carbocycles. The van der Waals surface area contributed by atoms with Gasteiger partial charge in [-0.3, -0.25) is 0 Å². The first kappa shape index (κ1) is 12.2. The maximum Gasteiger partial charge on any atom is 0.150 e. The van der Waals surface area contributed by atoms with Crippen LogP contribution in [0.2, 0.25) is 0 Å². The van der Waals surface area contributed by atoms with Crippen LogP contribution in [0.1, 0.15) is 36.2 Å². The standard InChI is InChI=1S/C11H17N5S/c1-3-9-14-10(4-2)16(15-9)6-8-7-17-11(5-12)13-8/h7H,3-6,12H2,1-2H3. The van der Waals surface area contributed by atoms with E-state index in [4.69, 9.17) is 5.73 Å². The first-order valence-electron chi connectivity index (χ1n) is 5.82. The van der Waals surface area contributed by atoms with Crippen LogP contribution >= 0.6 is 11.3 Å². The van der Waals surface area contributed by atoms with Crippen molar-refractivity contribution in [3.63, 3.8) is 0 Å². The SMILES string of the molecule is CCc1nc(CC)n(Cc2csc(CN)n2)n1. The maximum absolute atomic E-state index is 5.55. The Bertz CT molecular complexity index is 488. The Morgan fingerprint density at radius 2 is 2.12 bits per heavy atom. The van der Waals surface area contributed by atoms with Crippen LogP contribution in [0.15, 0.2) is 5.38 Å². The number of aryl methyl sites for hydroxylation is 2. The Morgan fingerprint density at radius 1 is 1.29 bits per heavy atom. The van der Waals surface area contributed by atoms with E-state index in [1.807, 2.05) is 10.1 Å². The van der Waals surface area contributed by atoms with Gasteiger partial charge < -0.3 is 5.73 Å². The summed E-state index contributed by atoms with van der Waals surface area (Å²) in [5.41, 5.74) is 6.56. The van der Waals surface area contributed by atoms with Gasteiger partial charge in [0.1, 0.15) is 10.8 Å². The van der Waals surface area contributed by atoms with E-state index in [9.17, 15) is 0 Å². The molecule has 2 aromatic rings. The smallest absolute Gasteiger partial charge is 0.150 e. The van der Waals surface area contributed by atoms with Gasteiger partial charge in [-0.2, -0.15) is 5.10 Å². The molecule has 92 valence electrons. The van der Waals surface area contributed by atoms with E-state index in [1.54, 1.807) is 11.3 Å². The van der Waals surface area contributed by atoms with Gasteiger partial charge in [-0.1, -0.05) is 13.8 Å². The molecule has 0 atom stereocenters. The normalized spacial score (nSPS) is 11.0. The highest BCUT2D eigenvalue weighted by atomic mass is 32.1. The van der Waals surface area contributed by atoms with Crippen molar-refractivity contribution in [1.82, 2.24) is 19.7 Å². The molecule has 0 saturated heterocycles. The molecule has 5 nitrogen and oxygen atoms in total. The second kappa shape index (κ2) is 5.37. The number of aromatic nitrogens is 4. The van der Waals surface area contributed by atoms with Crippen LogP contribution in [-0.4, -0.2) is 19.7 Å². The van der Waals surface area contributed by atoms with Crippen LogP contribution < -0.4 is 5.73 Å². The lowest BCUT2D eigenvalue weighted by atomic mass is 10.4. The van der Waals surface area contributed by atoms with Gasteiger partial charge >= 0.3 is 0 Å². The zero-order valence-electron chi connectivity index (χ0n) is 10.2. The second-order valence-corrected chi connectivity index (χ2v) is 4.69. The van der Waals surface area contributed by atoms with E-state index in [-0.39, 0.29) is 0 Å². The minimum absolute atomic E-state index is 0.503. The van der Waals surface area contributed by atoms with Crippen molar-refractivity contribution in [2.45, 2.75) is 39.8 Å². The van der Waals surface area contributed by atoms with Crippen LogP contribution in [0, 0.1) is 0 Å². The van der Waals surface area contributed by atoms with Gasteiger partial charge in [-0.25, -0.2) is 14.6 Å². The molecule has 0 fully saturated rings. The van der Waals surface area contributed by atoms with E-state index >= 15 is 0 Å². The highest BCUT2D eigenvalue weighted by molar-refractivity contribution is 7.09. The lowest BCUT2D eigenvalue weighted by molar-refractivity contribution is 0.627. The highest BCUT2D eigenvalue weighted by Crippen LogP contribution is 2.11. The van der Waals surface area contributed by atoms with Crippen molar-refractivity contribution in [3.8, 4) is 0 Å². The summed E-state index contributed by atoms with van der Waals surface area (Å²) in [6, 6.07) is 0. The Morgan fingerprint density at radius 3 is 2.71 bits per heavy atom. The van der Waals surface area contributed by atoms with Crippen LogP contribution in [0.5, 0.6) is 0 Å². The summed E-state index contributed by atoms with van der Waals surface area (Å²) in [5, 5.41) is 7.47. The molecule has 0 aliphatic carbocycles. The molecule has 0 bridgehead atoms. The molecular weight excluding hydrogens is 234 g/mol. The van der Waals surface area contributed by atoms with Crippen LogP contribution in [0.25, 0.3) is 0 Å². The zero-order chi connectivity index (χ0) is 12.3. The number of hydrogen-bond acceptors (Lipinski definition) is 5. The molecule has 2 aromatic heterocycles. The summed E-state index contributed by atoms with van der Waals surface area (Å²) in [4.78, 5) is 8.91. The molecule has 0 amide bonds. The fourth-order valence-electron chi connectivity index (χ4n) is 1.63. The topological polar surface area (TPSA) is 69.6 Å². The molecule has 17 heavy (non-hydrogen) atoms. The van der Waals surface area contributed by atoms with Gasteiger partial charge in [0.05, 0.1) is 12.2 Å². The minimum atomic E-state index is 0.503. The van der Waals surface area contributed by atoms with Gasteiger partial charge in [-0.15, -0.1) is 11.3 Å². The van der Waals surface area contributed by atoms with Crippen molar-refractivity contribution in [3.05, 3.63) is 27.7 Å². The van der Waals surface area contributed by atoms with Crippen LogP contribution in [0.4, 0.5) is 0 Å². The number of hydrogen-bond donors (Lipinski definition) is 1. The van der Waals surface area contributed by atoms with Crippen LogP contribution in [0.3, 0.4) is 0 Å². The molecule has 0 radical (unpaired) electrons. The first-order valence-corrected chi connectivity index (χ1v) is 6.70. The average Bonchev–Trinajstić information content (AvgIpc) is 2.95. The quantitative estimate of drug-likeness (QED) is 0.871. The van der Waals surface area contributed by atoms with Gasteiger partial charge in [-0.05, 0) is 0 Å². The Balaban J connectivity index is 2.19. The fraction of sp³-hybridized carbons (Fsp3) is 0.545. The molecule has 6 heteroatoms. The second-order valence-electron chi connectivity index (χ2n) is 3.75. The molecule has 0 unspecified atom stereocenters. The summed E-state index contributed by atoms with van der Waals surface area (Å²) in [6.45, 7) is 5.34. The monoisotopic (exact) mass is 251 g/mol. The third kappa shape index (κ3) is 2.70. The van der Waals surface area contributed by atoms with Gasteiger partial charge in [0.15, 0.2) is 5.82 Å². The number of nitrogens with zero attached hydrogens (tertiary/aromatic N) is 4. The molecule has 2 N–H and O–H groups in total. The van der Waals surface area contributed by atoms with Gasteiger partial charge in [0, 0.05) is 24.8 Å². The lowest BCUT2D eigenvalue weighted by Gasteiger charge is -2.00. The van der Waals surface area contributed by atoms with Crippen molar-refractivity contribution in [2.75, 3.05) is 0 Å². The van der Waals surface area contributed by atoms with Crippen molar-refractivity contribution >= 4 is 11.3 Å². The van der Waals surface area contributed by atoms with Crippen LogP contribution in [-0.2, 0) is 25.9 Å². The summed E-state index contributed by atoms with van der Waals surface area (Å²) in [7, 11) is 0. The van der Waals surface area contributed by atoms with E-state index in [2.05, 4.69) is 28.9 Å².